The lowest BCUT2D eigenvalue weighted by molar-refractivity contribution is -0.134. The first-order chi connectivity index (χ1) is 12.5. The fourth-order valence-electron chi connectivity index (χ4n) is 3.18. The van der Waals surface area contributed by atoms with Gasteiger partial charge in [0.25, 0.3) is 5.91 Å². The third-order valence-electron chi connectivity index (χ3n) is 4.79. The van der Waals surface area contributed by atoms with E-state index < -0.39 is 0 Å². The fraction of sp³-hybridized carbons (Fsp3) is 0.526. The number of benzene rings is 1. The van der Waals surface area contributed by atoms with Gasteiger partial charge in [0.05, 0.1) is 5.92 Å². The van der Waals surface area contributed by atoms with Gasteiger partial charge in [-0.1, -0.05) is 0 Å². The van der Waals surface area contributed by atoms with Gasteiger partial charge in [0.15, 0.2) is 0 Å². The number of carbonyl (C=O) groups is 3. The number of piperidine rings is 1. The van der Waals surface area contributed by atoms with Gasteiger partial charge in [0.2, 0.25) is 11.8 Å². The van der Waals surface area contributed by atoms with Gasteiger partial charge in [-0.3, -0.25) is 25.2 Å². The molecule has 142 valence electrons. The zero-order valence-electron chi connectivity index (χ0n) is 15.7. The van der Waals surface area contributed by atoms with Gasteiger partial charge in [-0.05, 0) is 51.0 Å². The summed E-state index contributed by atoms with van der Waals surface area (Å²) in [6.45, 7) is 8.55. The standard InChI is InChI=1S/C19H28N4O3/c1-4-22(5-2)17-10-8-15(9-11-17)18(25)20-21-19(26)16-7-6-12-23(13-16)14(3)24/h8-11,16H,4-7,12-13H2,1-3H3,(H,20,25)(H,21,26)/t16-/m1/s1. The summed E-state index contributed by atoms with van der Waals surface area (Å²) in [5, 5.41) is 0. The van der Waals surface area contributed by atoms with Crippen LogP contribution in [0, 0.1) is 5.92 Å². The molecule has 0 bridgehead atoms. The minimum atomic E-state index is -0.358. The molecule has 1 aliphatic heterocycles. The van der Waals surface area contributed by atoms with Crippen molar-refractivity contribution in [3.63, 3.8) is 0 Å². The number of hydrazine groups is 1. The predicted molar refractivity (Wildman–Crippen MR) is 101 cm³/mol. The van der Waals surface area contributed by atoms with Crippen molar-refractivity contribution in [2.45, 2.75) is 33.6 Å². The summed E-state index contributed by atoms with van der Waals surface area (Å²) in [6.07, 6.45) is 1.50. The Morgan fingerprint density at radius 2 is 1.77 bits per heavy atom. The quantitative estimate of drug-likeness (QED) is 0.781. The van der Waals surface area contributed by atoms with Crippen LogP contribution in [0.1, 0.15) is 44.0 Å². The molecule has 0 unspecified atom stereocenters. The number of nitrogens with one attached hydrogen (secondary N) is 2. The van der Waals surface area contributed by atoms with Crippen molar-refractivity contribution in [2.24, 2.45) is 5.92 Å². The average molecular weight is 360 g/mol. The second kappa shape index (κ2) is 9.22. The summed E-state index contributed by atoms with van der Waals surface area (Å²) < 4.78 is 0. The zero-order valence-corrected chi connectivity index (χ0v) is 15.7. The molecule has 1 heterocycles. The molecule has 0 spiro atoms. The highest BCUT2D eigenvalue weighted by Gasteiger charge is 2.27. The van der Waals surface area contributed by atoms with Crippen LogP contribution < -0.4 is 15.8 Å². The van der Waals surface area contributed by atoms with Crippen LogP contribution in [0.15, 0.2) is 24.3 Å². The van der Waals surface area contributed by atoms with E-state index >= 15 is 0 Å². The Hall–Kier alpha value is -2.57. The average Bonchev–Trinajstić information content (AvgIpc) is 2.67. The van der Waals surface area contributed by atoms with Gasteiger partial charge in [-0.2, -0.15) is 0 Å². The van der Waals surface area contributed by atoms with Gasteiger partial charge in [0.1, 0.15) is 0 Å². The van der Waals surface area contributed by atoms with Gasteiger partial charge in [-0.15, -0.1) is 0 Å². The molecular weight excluding hydrogens is 332 g/mol. The summed E-state index contributed by atoms with van der Waals surface area (Å²) in [4.78, 5) is 39.8. The predicted octanol–water partition coefficient (Wildman–Crippen LogP) is 1.55. The number of amides is 3. The van der Waals surface area contributed by atoms with Crippen LogP contribution in [-0.4, -0.2) is 48.8 Å². The van der Waals surface area contributed by atoms with E-state index in [9.17, 15) is 14.4 Å². The van der Waals surface area contributed by atoms with E-state index in [0.717, 1.165) is 25.2 Å². The molecule has 1 aliphatic rings. The highest BCUT2D eigenvalue weighted by Crippen LogP contribution is 2.17. The molecule has 2 N–H and O–H groups in total. The second-order valence-electron chi connectivity index (χ2n) is 6.47. The van der Waals surface area contributed by atoms with Crippen LogP contribution >= 0.6 is 0 Å². The highest BCUT2D eigenvalue weighted by atomic mass is 16.2. The molecule has 1 saturated heterocycles. The van der Waals surface area contributed by atoms with Crippen LogP contribution in [0.4, 0.5) is 5.69 Å². The van der Waals surface area contributed by atoms with Crippen molar-refractivity contribution < 1.29 is 14.4 Å². The molecule has 1 aromatic rings. The van der Waals surface area contributed by atoms with E-state index in [1.807, 2.05) is 12.1 Å². The second-order valence-corrected chi connectivity index (χ2v) is 6.47. The third kappa shape index (κ3) is 4.97. The molecule has 1 fully saturated rings. The molecular formula is C19H28N4O3. The summed E-state index contributed by atoms with van der Waals surface area (Å²) in [7, 11) is 0. The van der Waals surface area contributed by atoms with Crippen molar-refractivity contribution >= 4 is 23.4 Å². The summed E-state index contributed by atoms with van der Waals surface area (Å²) in [5.41, 5.74) is 6.48. The van der Waals surface area contributed by atoms with Crippen LogP contribution in [0.3, 0.4) is 0 Å². The Bertz CT molecular complexity index is 641. The first-order valence-electron chi connectivity index (χ1n) is 9.17. The molecule has 0 aliphatic carbocycles. The highest BCUT2D eigenvalue weighted by molar-refractivity contribution is 5.96. The summed E-state index contributed by atoms with van der Waals surface area (Å²) >= 11 is 0. The lowest BCUT2D eigenvalue weighted by Gasteiger charge is -2.31. The van der Waals surface area contributed by atoms with Crippen molar-refractivity contribution in [3.05, 3.63) is 29.8 Å². The first-order valence-corrected chi connectivity index (χ1v) is 9.17. The molecule has 7 nitrogen and oxygen atoms in total. The molecule has 1 atom stereocenters. The van der Waals surface area contributed by atoms with E-state index in [4.69, 9.17) is 0 Å². The van der Waals surface area contributed by atoms with Crippen LogP contribution in [0.2, 0.25) is 0 Å². The number of hydrogen-bond donors (Lipinski definition) is 2. The van der Waals surface area contributed by atoms with Crippen molar-refractivity contribution in [3.8, 4) is 0 Å². The monoisotopic (exact) mass is 360 g/mol. The number of carbonyl (C=O) groups excluding carboxylic acids is 3. The molecule has 1 aromatic carbocycles. The largest absolute Gasteiger partial charge is 0.372 e. The third-order valence-corrected chi connectivity index (χ3v) is 4.79. The van der Waals surface area contributed by atoms with E-state index in [1.54, 1.807) is 17.0 Å². The Morgan fingerprint density at radius 3 is 2.35 bits per heavy atom. The minimum absolute atomic E-state index is 0.0279. The van der Waals surface area contributed by atoms with Crippen LogP contribution in [0.25, 0.3) is 0 Å². The maximum atomic E-state index is 12.3. The van der Waals surface area contributed by atoms with Gasteiger partial charge < -0.3 is 9.80 Å². The van der Waals surface area contributed by atoms with Gasteiger partial charge >= 0.3 is 0 Å². The summed E-state index contributed by atoms with van der Waals surface area (Å²) in [5.74, 6) is -0.939. The lowest BCUT2D eigenvalue weighted by Crippen LogP contribution is -2.49. The van der Waals surface area contributed by atoms with Crippen molar-refractivity contribution in [2.75, 3.05) is 31.1 Å². The number of nitrogens with zero attached hydrogens (tertiary/aromatic N) is 2. The Kier molecular flexibility index (Phi) is 7.00. The van der Waals surface area contributed by atoms with E-state index in [2.05, 4.69) is 29.6 Å². The maximum Gasteiger partial charge on any atom is 0.269 e. The topological polar surface area (TPSA) is 81.8 Å². The molecule has 0 radical (unpaired) electrons. The molecule has 0 aromatic heterocycles. The Morgan fingerprint density at radius 1 is 1.12 bits per heavy atom. The Balaban J connectivity index is 1.87. The molecule has 2 rings (SSSR count). The molecule has 3 amide bonds. The minimum Gasteiger partial charge on any atom is -0.372 e. The van der Waals surface area contributed by atoms with Gasteiger partial charge in [-0.25, -0.2) is 0 Å². The molecule has 0 saturated carbocycles. The van der Waals surface area contributed by atoms with E-state index in [1.165, 1.54) is 6.92 Å². The SMILES string of the molecule is CCN(CC)c1ccc(C(=O)NNC(=O)[C@@H]2CCCN(C(C)=O)C2)cc1. The van der Waals surface area contributed by atoms with E-state index in [0.29, 0.717) is 25.1 Å². The fourth-order valence-corrected chi connectivity index (χ4v) is 3.18. The van der Waals surface area contributed by atoms with Crippen molar-refractivity contribution in [1.82, 2.24) is 15.8 Å². The number of anilines is 1. The first kappa shape index (κ1) is 19.8. The Labute approximate surface area is 154 Å². The van der Waals surface area contributed by atoms with Gasteiger partial charge in [0, 0.05) is 44.4 Å². The van der Waals surface area contributed by atoms with E-state index in [-0.39, 0.29) is 23.6 Å². The zero-order chi connectivity index (χ0) is 19.1. The molecule has 7 heteroatoms. The number of rotatable bonds is 5. The smallest absolute Gasteiger partial charge is 0.269 e. The lowest BCUT2D eigenvalue weighted by atomic mass is 9.97. The van der Waals surface area contributed by atoms with Crippen molar-refractivity contribution in [1.29, 1.82) is 0 Å². The number of hydrogen-bond acceptors (Lipinski definition) is 4. The maximum absolute atomic E-state index is 12.3. The molecule has 26 heavy (non-hydrogen) atoms. The van der Waals surface area contributed by atoms with Crippen LogP contribution in [0.5, 0.6) is 0 Å². The normalized spacial score (nSPS) is 16.7. The number of likely N-dealkylation sites (tertiary alicyclic amines) is 1. The summed E-state index contributed by atoms with van der Waals surface area (Å²) in [6, 6.07) is 7.28. The van der Waals surface area contributed by atoms with Crippen LogP contribution in [-0.2, 0) is 9.59 Å².